The van der Waals surface area contributed by atoms with E-state index in [4.69, 9.17) is 0 Å². The van der Waals surface area contributed by atoms with E-state index in [9.17, 15) is 4.79 Å². The van der Waals surface area contributed by atoms with Crippen molar-refractivity contribution in [2.24, 2.45) is 7.05 Å². The summed E-state index contributed by atoms with van der Waals surface area (Å²) in [6.07, 6.45) is 5.44. The predicted octanol–water partition coefficient (Wildman–Crippen LogP) is 2.47. The lowest BCUT2D eigenvalue weighted by Crippen LogP contribution is -2.46. The first-order chi connectivity index (χ1) is 14.5. The zero-order valence-corrected chi connectivity index (χ0v) is 17.7. The molecule has 0 bridgehead atoms. The molecule has 1 aliphatic heterocycles. The van der Waals surface area contributed by atoms with Crippen LogP contribution in [0.5, 0.6) is 0 Å². The standard InChI is InChI=1S/C22H27N7O/c1-16-19(14-25-27(16)3)15-28-10-12-29(13-11-28)22-21(23-8-9-24-22)18-4-6-20(7-5-18)26-17(2)30/h4-9,14H,10-13,15H2,1-3H3,(H,26,30). The molecule has 0 saturated carbocycles. The van der Waals surface area contributed by atoms with Crippen LogP contribution in [0.15, 0.2) is 42.9 Å². The van der Waals surface area contributed by atoms with Crippen molar-refractivity contribution in [1.82, 2.24) is 24.6 Å². The fourth-order valence-corrected chi connectivity index (χ4v) is 3.74. The molecular weight excluding hydrogens is 378 g/mol. The summed E-state index contributed by atoms with van der Waals surface area (Å²) >= 11 is 0. The molecule has 1 aliphatic rings. The number of nitrogens with one attached hydrogen (secondary N) is 1. The molecule has 0 atom stereocenters. The largest absolute Gasteiger partial charge is 0.352 e. The zero-order chi connectivity index (χ0) is 21.1. The Morgan fingerprint density at radius 3 is 2.40 bits per heavy atom. The second-order valence-electron chi connectivity index (χ2n) is 7.63. The van der Waals surface area contributed by atoms with Crippen LogP contribution in [0.3, 0.4) is 0 Å². The fraction of sp³-hybridized carbons (Fsp3) is 0.364. The lowest BCUT2D eigenvalue weighted by molar-refractivity contribution is -0.114. The summed E-state index contributed by atoms with van der Waals surface area (Å²) in [4.78, 5) is 25.2. The number of carbonyl (C=O) groups excluding carboxylic acids is 1. The highest BCUT2D eigenvalue weighted by Crippen LogP contribution is 2.28. The summed E-state index contributed by atoms with van der Waals surface area (Å²) in [6.45, 7) is 8.26. The molecule has 8 heteroatoms. The van der Waals surface area contributed by atoms with Gasteiger partial charge in [-0.3, -0.25) is 19.4 Å². The van der Waals surface area contributed by atoms with E-state index in [1.807, 2.05) is 42.2 Å². The second-order valence-corrected chi connectivity index (χ2v) is 7.63. The number of hydrogen-bond donors (Lipinski definition) is 1. The zero-order valence-electron chi connectivity index (χ0n) is 17.7. The van der Waals surface area contributed by atoms with Crippen LogP contribution in [0.1, 0.15) is 18.2 Å². The minimum absolute atomic E-state index is 0.0812. The molecule has 3 heterocycles. The number of nitrogens with zero attached hydrogens (tertiary/aromatic N) is 6. The van der Waals surface area contributed by atoms with E-state index >= 15 is 0 Å². The normalized spacial score (nSPS) is 14.7. The van der Waals surface area contributed by atoms with E-state index in [1.54, 1.807) is 12.4 Å². The van der Waals surface area contributed by atoms with Crippen LogP contribution in [0.2, 0.25) is 0 Å². The summed E-state index contributed by atoms with van der Waals surface area (Å²) in [7, 11) is 1.98. The Hall–Kier alpha value is -3.26. The number of piperazine rings is 1. The van der Waals surface area contributed by atoms with Gasteiger partial charge < -0.3 is 10.2 Å². The van der Waals surface area contributed by atoms with E-state index < -0.39 is 0 Å². The highest BCUT2D eigenvalue weighted by atomic mass is 16.1. The average molecular weight is 406 g/mol. The molecule has 0 radical (unpaired) electrons. The van der Waals surface area contributed by atoms with Gasteiger partial charge in [0.2, 0.25) is 5.91 Å². The lowest BCUT2D eigenvalue weighted by atomic mass is 10.1. The molecule has 30 heavy (non-hydrogen) atoms. The summed E-state index contributed by atoms with van der Waals surface area (Å²) in [5.41, 5.74) is 5.13. The number of aromatic nitrogens is 4. The Bertz CT molecular complexity index is 1020. The van der Waals surface area contributed by atoms with E-state index in [2.05, 4.69) is 37.1 Å². The fourth-order valence-electron chi connectivity index (χ4n) is 3.74. The van der Waals surface area contributed by atoms with E-state index in [0.29, 0.717) is 0 Å². The molecule has 2 aromatic heterocycles. The summed E-state index contributed by atoms with van der Waals surface area (Å²) in [5, 5.41) is 7.14. The first kappa shape index (κ1) is 20.0. The van der Waals surface area contributed by atoms with Crippen LogP contribution in [0.4, 0.5) is 11.5 Å². The molecule has 0 unspecified atom stereocenters. The van der Waals surface area contributed by atoms with Gasteiger partial charge >= 0.3 is 0 Å². The van der Waals surface area contributed by atoms with Crippen LogP contribution in [-0.4, -0.2) is 56.7 Å². The Morgan fingerprint density at radius 1 is 1.07 bits per heavy atom. The lowest BCUT2D eigenvalue weighted by Gasteiger charge is -2.35. The van der Waals surface area contributed by atoms with Gasteiger partial charge in [-0.2, -0.15) is 5.10 Å². The number of aryl methyl sites for hydroxylation is 1. The van der Waals surface area contributed by atoms with Gasteiger partial charge in [0.15, 0.2) is 5.82 Å². The summed E-state index contributed by atoms with van der Waals surface area (Å²) in [5.74, 6) is 0.823. The Balaban J connectivity index is 1.45. The topological polar surface area (TPSA) is 79.2 Å². The second kappa shape index (κ2) is 8.62. The molecule has 1 saturated heterocycles. The highest BCUT2D eigenvalue weighted by Gasteiger charge is 2.22. The molecule has 0 spiro atoms. The Morgan fingerprint density at radius 2 is 1.77 bits per heavy atom. The quantitative estimate of drug-likeness (QED) is 0.703. The van der Waals surface area contributed by atoms with Crippen molar-refractivity contribution in [3.05, 3.63) is 54.1 Å². The van der Waals surface area contributed by atoms with Crippen molar-refractivity contribution in [1.29, 1.82) is 0 Å². The maximum Gasteiger partial charge on any atom is 0.221 e. The van der Waals surface area contributed by atoms with E-state index in [0.717, 1.165) is 55.5 Å². The Kier molecular flexibility index (Phi) is 5.76. The molecular formula is C22H27N7O. The number of benzene rings is 1. The van der Waals surface area contributed by atoms with Gasteiger partial charge in [-0.15, -0.1) is 0 Å². The van der Waals surface area contributed by atoms with Crippen LogP contribution in [-0.2, 0) is 18.4 Å². The number of anilines is 2. The van der Waals surface area contributed by atoms with Crippen molar-refractivity contribution >= 4 is 17.4 Å². The molecule has 3 aromatic rings. The third-order valence-corrected chi connectivity index (χ3v) is 5.56. The molecule has 1 N–H and O–H groups in total. The number of amides is 1. The molecule has 4 rings (SSSR count). The summed E-state index contributed by atoms with van der Waals surface area (Å²) < 4.78 is 1.93. The molecule has 1 aromatic carbocycles. The molecule has 156 valence electrons. The van der Waals surface area contributed by atoms with Crippen LogP contribution in [0, 0.1) is 6.92 Å². The van der Waals surface area contributed by atoms with Crippen molar-refractivity contribution < 1.29 is 4.79 Å². The smallest absolute Gasteiger partial charge is 0.221 e. The van der Waals surface area contributed by atoms with Crippen LogP contribution in [0.25, 0.3) is 11.3 Å². The molecule has 8 nitrogen and oxygen atoms in total. The SMILES string of the molecule is CC(=O)Nc1ccc(-c2nccnc2N2CCN(Cc3cnn(C)c3C)CC2)cc1. The van der Waals surface area contributed by atoms with Gasteiger partial charge in [0.1, 0.15) is 5.69 Å². The number of carbonyl (C=O) groups is 1. The maximum atomic E-state index is 11.2. The highest BCUT2D eigenvalue weighted by molar-refractivity contribution is 5.89. The average Bonchev–Trinajstić information content (AvgIpc) is 3.07. The van der Waals surface area contributed by atoms with Gasteiger partial charge in [-0.05, 0) is 19.1 Å². The third kappa shape index (κ3) is 4.33. The van der Waals surface area contributed by atoms with E-state index in [-0.39, 0.29) is 5.91 Å². The molecule has 0 aliphatic carbocycles. The molecule has 1 amide bonds. The summed E-state index contributed by atoms with van der Waals surface area (Å²) in [6, 6.07) is 7.73. The van der Waals surface area contributed by atoms with Crippen molar-refractivity contribution in [2.75, 3.05) is 36.4 Å². The first-order valence-corrected chi connectivity index (χ1v) is 10.1. The van der Waals surface area contributed by atoms with Gasteiger partial charge in [-0.1, -0.05) is 12.1 Å². The van der Waals surface area contributed by atoms with Gasteiger partial charge in [0, 0.05) is 81.6 Å². The van der Waals surface area contributed by atoms with E-state index in [1.165, 1.54) is 18.2 Å². The van der Waals surface area contributed by atoms with Crippen molar-refractivity contribution in [3.8, 4) is 11.3 Å². The Labute approximate surface area is 176 Å². The van der Waals surface area contributed by atoms with Gasteiger partial charge in [0.05, 0.1) is 6.20 Å². The van der Waals surface area contributed by atoms with Crippen molar-refractivity contribution in [2.45, 2.75) is 20.4 Å². The van der Waals surface area contributed by atoms with Crippen molar-refractivity contribution in [3.63, 3.8) is 0 Å². The predicted molar refractivity (Wildman–Crippen MR) is 117 cm³/mol. The minimum Gasteiger partial charge on any atom is -0.352 e. The van der Waals surface area contributed by atoms with Gasteiger partial charge in [0.25, 0.3) is 0 Å². The number of rotatable bonds is 5. The van der Waals surface area contributed by atoms with Crippen LogP contribution >= 0.6 is 0 Å². The number of hydrogen-bond acceptors (Lipinski definition) is 6. The first-order valence-electron chi connectivity index (χ1n) is 10.1. The van der Waals surface area contributed by atoms with Gasteiger partial charge in [-0.25, -0.2) is 4.98 Å². The third-order valence-electron chi connectivity index (χ3n) is 5.56. The van der Waals surface area contributed by atoms with Crippen LogP contribution < -0.4 is 10.2 Å². The minimum atomic E-state index is -0.0812. The monoisotopic (exact) mass is 405 g/mol. The molecule has 1 fully saturated rings. The maximum absolute atomic E-state index is 11.2.